The molecule has 5 atom stereocenters. The molecule has 4 aromatic rings. The van der Waals surface area contributed by atoms with Crippen LogP contribution in [0.25, 0.3) is 33.5 Å². The summed E-state index contributed by atoms with van der Waals surface area (Å²) in [6.45, 7) is 1.83. The average Bonchev–Trinajstić information content (AvgIpc) is 4.05. The first-order valence-electron chi connectivity index (χ1n) is 21.3. The zero-order valence-corrected chi connectivity index (χ0v) is 34.7. The standard InChI is InChI=1S/C44H49FN6O9S/c1-25-13-20-35-32(21-25)36-37(60-35)40(48-38(47-36)26-14-16-28(45)17-15-26)58-30-22-34-39(52)49-44(42(54)50-61(56,57)31-18-19-31)23-27(44)9-5-3-2-4-6-12-33(41(53)51(34)24-30)46-43(55)59-29-10-7-8-11-29/h5,9,13-17,20-21,27,29-31,33-34H,2-4,6-8,10-12,18-19,22-24H2,1H3,(H,46,55)(H,49,52)(H,50,54)/b9-5-/t27-,30+,33-,34-,44+/m0/s1. The molecule has 2 aromatic heterocycles. The second kappa shape index (κ2) is 16.4. The molecule has 0 unspecified atom stereocenters. The molecule has 0 bridgehead atoms. The summed E-state index contributed by atoms with van der Waals surface area (Å²) in [6.07, 6.45) is 9.50. The summed E-state index contributed by atoms with van der Waals surface area (Å²) in [5, 5.41) is 5.74. The fraction of sp³-hybridized carbons (Fsp3) is 0.500. The molecule has 15 nitrogen and oxygen atoms in total. The Bertz CT molecular complexity index is 2520. The smallest absolute Gasteiger partial charge is 0.408 e. The van der Waals surface area contributed by atoms with Crippen LogP contribution in [0.2, 0.25) is 0 Å². The maximum atomic E-state index is 14.8. The second-order valence-corrected chi connectivity index (χ2v) is 19.1. The molecule has 2 aromatic carbocycles. The van der Waals surface area contributed by atoms with Crippen LogP contribution < -0.4 is 20.1 Å². The minimum absolute atomic E-state index is 0.0436. The number of fused-ring (bicyclic) bond motifs is 5. The third kappa shape index (κ3) is 8.53. The van der Waals surface area contributed by atoms with Crippen LogP contribution in [0.1, 0.15) is 89.0 Å². The van der Waals surface area contributed by atoms with E-state index in [1.54, 1.807) is 12.1 Å². The first-order chi connectivity index (χ1) is 29.4. The van der Waals surface area contributed by atoms with Crippen LogP contribution in [0.15, 0.2) is 59.0 Å². The van der Waals surface area contributed by atoms with Crippen molar-refractivity contribution in [1.29, 1.82) is 0 Å². The van der Waals surface area contributed by atoms with Crippen LogP contribution in [0, 0.1) is 18.7 Å². The summed E-state index contributed by atoms with van der Waals surface area (Å²) < 4.78 is 60.7. The van der Waals surface area contributed by atoms with Crippen molar-refractivity contribution >= 4 is 55.9 Å². The number of aryl methyl sites for hydroxylation is 1. The first kappa shape index (κ1) is 40.8. The number of aromatic nitrogens is 2. The minimum Gasteiger partial charge on any atom is -0.470 e. The third-order valence-corrected chi connectivity index (χ3v) is 14.3. The number of ether oxygens (including phenoxy) is 2. The molecule has 0 spiro atoms. The van der Waals surface area contributed by atoms with Crippen LogP contribution in [-0.4, -0.2) is 88.7 Å². The van der Waals surface area contributed by atoms with E-state index in [0.29, 0.717) is 54.2 Å². The van der Waals surface area contributed by atoms with Gasteiger partial charge in [-0.25, -0.2) is 22.6 Å². The molecule has 3 N–H and O–H groups in total. The van der Waals surface area contributed by atoms with Gasteiger partial charge < -0.3 is 29.4 Å². The Balaban J connectivity index is 1.06. The second-order valence-electron chi connectivity index (χ2n) is 17.1. The van der Waals surface area contributed by atoms with Gasteiger partial charge in [0.2, 0.25) is 27.4 Å². The molecule has 3 saturated carbocycles. The van der Waals surface area contributed by atoms with E-state index in [0.717, 1.165) is 44.1 Å². The molecule has 4 amide bonds. The number of amides is 4. The summed E-state index contributed by atoms with van der Waals surface area (Å²) in [4.78, 5) is 67.4. The van der Waals surface area contributed by atoms with Gasteiger partial charge in [-0.3, -0.25) is 19.1 Å². The van der Waals surface area contributed by atoms with Crippen molar-refractivity contribution in [2.45, 2.75) is 125 Å². The molecule has 1 saturated heterocycles. The zero-order valence-electron chi connectivity index (χ0n) is 33.9. The molecule has 0 radical (unpaired) electrons. The molecule has 2 aliphatic heterocycles. The van der Waals surface area contributed by atoms with Crippen molar-refractivity contribution in [3.05, 3.63) is 66.0 Å². The van der Waals surface area contributed by atoms with Gasteiger partial charge >= 0.3 is 6.09 Å². The summed E-state index contributed by atoms with van der Waals surface area (Å²) in [7, 11) is -3.93. The fourth-order valence-electron chi connectivity index (χ4n) is 8.88. The van der Waals surface area contributed by atoms with Crippen molar-refractivity contribution in [3.8, 4) is 17.3 Å². The third-order valence-electron chi connectivity index (χ3n) is 12.5. The predicted octanol–water partition coefficient (Wildman–Crippen LogP) is 5.88. The molecular formula is C44H49FN6O9S. The molecule has 61 heavy (non-hydrogen) atoms. The highest BCUT2D eigenvalue weighted by Gasteiger charge is 2.62. The van der Waals surface area contributed by atoms with Crippen LogP contribution in [0.4, 0.5) is 9.18 Å². The summed E-state index contributed by atoms with van der Waals surface area (Å²) in [5.41, 5.74) is 1.15. The predicted molar refractivity (Wildman–Crippen MR) is 221 cm³/mol. The number of hydrogen-bond acceptors (Lipinski definition) is 11. The molecule has 3 aliphatic carbocycles. The number of halogens is 1. The van der Waals surface area contributed by atoms with Crippen molar-refractivity contribution in [2.75, 3.05) is 6.54 Å². The topological polar surface area (TPSA) is 199 Å². The van der Waals surface area contributed by atoms with Gasteiger partial charge in [0.05, 0.1) is 11.8 Å². The Morgan fingerprint density at radius 1 is 0.967 bits per heavy atom. The van der Waals surface area contributed by atoms with E-state index in [4.69, 9.17) is 23.9 Å². The quantitative estimate of drug-likeness (QED) is 0.179. The van der Waals surface area contributed by atoms with Crippen molar-refractivity contribution in [1.82, 2.24) is 30.2 Å². The normalized spacial score (nSPS) is 26.8. The molecule has 4 fully saturated rings. The maximum Gasteiger partial charge on any atom is 0.408 e. The molecule has 9 rings (SSSR count). The lowest BCUT2D eigenvalue weighted by molar-refractivity contribution is -0.141. The number of carbonyl (C=O) groups excluding carboxylic acids is 4. The number of sulfonamides is 1. The molecular weight excluding hydrogens is 808 g/mol. The van der Waals surface area contributed by atoms with E-state index in [9.17, 15) is 32.0 Å². The Hall–Kier alpha value is -5.58. The number of carbonyl (C=O) groups is 4. The van der Waals surface area contributed by atoms with E-state index >= 15 is 0 Å². The van der Waals surface area contributed by atoms with Crippen LogP contribution in [0.5, 0.6) is 5.88 Å². The van der Waals surface area contributed by atoms with Crippen LogP contribution in [0.3, 0.4) is 0 Å². The van der Waals surface area contributed by atoms with Gasteiger partial charge in [0.15, 0.2) is 5.82 Å². The number of alkyl carbamates (subject to hydrolysis) is 1. The summed E-state index contributed by atoms with van der Waals surface area (Å²) >= 11 is 0. The SMILES string of the molecule is Cc1ccc2oc3c(O[C@@H]4C[C@H]5C(=O)N[C@]6(C(=O)NS(=O)(=O)C7CC7)C[C@@H]6/C=C\CCCCC[C@H](NC(=O)OC6CCCC6)C(=O)N5C4)nc(-c4ccc(F)cc4)nc3c2c1. The number of benzene rings is 2. The number of nitrogens with one attached hydrogen (secondary N) is 3. The highest BCUT2D eigenvalue weighted by atomic mass is 32.2. The molecule has 5 aliphatic rings. The van der Waals surface area contributed by atoms with Crippen molar-refractivity contribution in [3.63, 3.8) is 0 Å². The largest absolute Gasteiger partial charge is 0.470 e. The van der Waals surface area contributed by atoms with E-state index in [2.05, 4.69) is 15.4 Å². The lowest BCUT2D eigenvalue weighted by atomic mass is 10.0. The monoisotopic (exact) mass is 856 g/mol. The summed E-state index contributed by atoms with van der Waals surface area (Å²) in [6, 6.07) is 9.12. The Morgan fingerprint density at radius 3 is 2.51 bits per heavy atom. The number of rotatable bonds is 8. The number of hydrogen-bond donors (Lipinski definition) is 3. The van der Waals surface area contributed by atoms with Gasteiger partial charge in [0.25, 0.3) is 11.8 Å². The number of allylic oxidation sites excluding steroid dienone is 1. The first-order valence-corrected chi connectivity index (χ1v) is 22.9. The highest BCUT2D eigenvalue weighted by Crippen LogP contribution is 2.46. The Labute approximate surface area is 352 Å². The molecule has 322 valence electrons. The number of nitrogens with zero attached hydrogens (tertiary/aromatic N) is 3. The van der Waals surface area contributed by atoms with Gasteiger partial charge in [-0.1, -0.05) is 36.6 Å². The lowest BCUT2D eigenvalue weighted by Gasteiger charge is -2.30. The fourth-order valence-corrected chi connectivity index (χ4v) is 10.2. The summed E-state index contributed by atoms with van der Waals surface area (Å²) in [5.74, 6) is -2.63. The van der Waals surface area contributed by atoms with Crippen molar-refractivity contribution < 1.29 is 45.9 Å². The van der Waals surface area contributed by atoms with Crippen molar-refractivity contribution in [2.24, 2.45) is 5.92 Å². The van der Waals surface area contributed by atoms with Gasteiger partial charge in [0.1, 0.15) is 46.7 Å². The van der Waals surface area contributed by atoms with E-state index < -0.39 is 74.5 Å². The highest BCUT2D eigenvalue weighted by molar-refractivity contribution is 7.91. The van der Waals surface area contributed by atoms with E-state index in [-0.39, 0.29) is 42.8 Å². The van der Waals surface area contributed by atoms with Crippen LogP contribution in [-0.2, 0) is 29.1 Å². The average molecular weight is 857 g/mol. The molecule has 17 heteroatoms. The van der Waals surface area contributed by atoms with Gasteiger partial charge in [-0.2, -0.15) is 4.98 Å². The maximum absolute atomic E-state index is 14.8. The Kier molecular flexibility index (Phi) is 10.9. The van der Waals surface area contributed by atoms with Crippen LogP contribution >= 0.6 is 0 Å². The zero-order chi connectivity index (χ0) is 42.5. The molecule has 4 heterocycles. The van der Waals surface area contributed by atoms with Gasteiger partial charge in [-0.05, 0) is 108 Å². The van der Waals surface area contributed by atoms with Gasteiger partial charge in [-0.15, -0.1) is 0 Å². The lowest BCUT2D eigenvalue weighted by Crippen LogP contribution is -2.58. The Morgan fingerprint density at radius 2 is 1.74 bits per heavy atom. The van der Waals surface area contributed by atoms with E-state index in [1.807, 2.05) is 37.3 Å². The van der Waals surface area contributed by atoms with Gasteiger partial charge in [0, 0.05) is 23.3 Å². The van der Waals surface area contributed by atoms with E-state index in [1.165, 1.54) is 17.0 Å². The number of furan rings is 1. The minimum atomic E-state index is -3.93.